The maximum Gasteiger partial charge on any atom is 0.407 e. The van der Waals surface area contributed by atoms with Crippen molar-refractivity contribution in [3.63, 3.8) is 0 Å². The van der Waals surface area contributed by atoms with Crippen LogP contribution >= 0.6 is 0 Å². The molecule has 0 aromatic heterocycles. The quantitative estimate of drug-likeness (QED) is 0.112. The van der Waals surface area contributed by atoms with E-state index >= 15 is 0 Å². The Balaban J connectivity index is 1.45. The van der Waals surface area contributed by atoms with Crippen molar-refractivity contribution < 1.29 is 69.0 Å². The number of rotatable bonds is 10. The van der Waals surface area contributed by atoms with Gasteiger partial charge in [-0.15, -0.1) is 0 Å². The van der Waals surface area contributed by atoms with Crippen LogP contribution in [-0.4, -0.2) is 153 Å². The third kappa shape index (κ3) is 8.47. The number of hydrogen-bond donors (Lipinski definition) is 11. The normalized spacial score (nSPS) is 41.4. The van der Waals surface area contributed by atoms with E-state index in [0.29, 0.717) is 0 Å². The lowest BCUT2D eigenvalue weighted by Crippen LogP contribution is -2.69. The second kappa shape index (κ2) is 16.0. The number of aliphatic hydroxyl groups excluding tert-OH is 7. The molecule has 18 heteroatoms. The van der Waals surface area contributed by atoms with Crippen LogP contribution in [0.25, 0.3) is 0 Å². The van der Waals surface area contributed by atoms with E-state index in [2.05, 4.69) is 10.6 Å². The number of nitrogens with two attached hydrogens (primary N) is 2. The summed E-state index contributed by atoms with van der Waals surface area (Å²) in [6, 6.07) is 5.64. The van der Waals surface area contributed by atoms with Crippen LogP contribution in [0.1, 0.15) is 18.9 Å². The van der Waals surface area contributed by atoms with Crippen LogP contribution in [0.4, 0.5) is 4.79 Å². The lowest BCUT2D eigenvalue weighted by Gasteiger charge is -2.48. The third-order valence-electron chi connectivity index (χ3n) is 8.26. The molecule has 3 fully saturated rings. The van der Waals surface area contributed by atoms with Gasteiger partial charge in [0.2, 0.25) is 5.91 Å². The molecular weight excluding hydrogens is 616 g/mol. The van der Waals surface area contributed by atoms with E-state index in [-0.39, 0.29) is 19.6 Å². The summed E-state index contributed by atoms with van der Waals surface area (Å²) in [4.78, 5) is 24.3. The molecule has 1 saturated carbocycles. The SMILES string of the molecule is CC(=O)NC1C[C@@H](N)[C@@H](O[C@H]2OC(CO)[C@@H](O)[C@@H](N)C2O)C(O)[C@@H]1O[C@H]1OC(CNC(=O)OCc2ccccc2)[C@@H](O)C(O)[C@@H]1O. The van der Waals surface area contributed by atoms with Gasteiger partial charge in [0.15, 0.2) is 12.6 Å². The van der Waals surface area contributed by atoms with Gasteiger partial charge in [-0.05, 0) is 12.0 Å². The Bertz CT molecular complexity index is 1140. The van der Waals surface area contributed by atoms with E-state index in [0.717, 1.165) is 5.56 Å². The number of benzene rings is 1. The van der Waals surface area contributed by atoms with Crippen LogP contribution < -0.4 is 22.1 Å². The highest BCUT2D eigenvalue weighted by molar-refractivity contribution is 5.73. The molecule has 2 heterocycles. The van der Waals surface area contributed by atoms with E-state index < -0.39 is 110 Å². The number of ether oxygens (including phenoxy) is 5. The zero-order valence-corrected chi connectivity index (χ0v) is 25.0. The summed E-state index contributed by atoms with van der Waals surface area (Å²) in [5, 5.41) is 78.5. The zero-order chi connectivity index (χ0) is 33.7. The van der Waals surface area contributed by atoms with Crippen molar-refractivity contribution in [2.24, 2.45) is 11.5 Å². The second-order valence-electron chi connectivity index (χ2n) is 11.6. The zero-order valence-electron chi connectivity index (χ0n) is 25.0. The molecule has 0 radical (unpaired) electrons. The van der Waals surface area contributed by atoms with E-state index in [1.165, 1.54) is 6.92 Å². The van der Waals surface area contributed by atoms with Crippen molar-refractivity contribution >= 4 is 12.0 Å². The minimum Gasteiger partial charge on any atom is -0.445 e. The third-order valence-corrected chi connectivity index (χ3v) is 8.26. The predicted octanol–water partition coefficient (Wildman–Crippen LogP) is -5.15. The van der Waals surface area contributed by atoms with Crippen LogP contribution in [0, 0.1) is 0 Å². The summed E-state index contributed by atoms with van der Waals surface area (Å²) in [6.45, 7) is 0.172. The molecule has 15 atom stereocenters. The van der Waals surface area contributed by atoms with Gasteiger partial charge < -0.3 is 81.5 Å². The first-order chi connectivity index (χ1) is 21.8. The molecule has 1 aromatic rings. The smallest absolute Gasteiger partial charge is 0.407 e. The first-order valence-corrected chi connectivity index (χ1v) is 14.9. The van der Waals surface area contributed by atoms with Crippen LogP contribution in [0.3, 0.4) is 0 Å². The van der Waals surface area contributed by atoms with Gasteiger partial charge >= 0.3 is 6.09 Å². The molecule has 1 aliphatic carbocycles. The molecular formula is C28H44N4O14. The van der Waals surface area contributed by atoms with Crippen molar-refractivity contribution in [1.29, 1.82) is 0 Å². The first kappa shape index (κ1) is 36.3. The highest BCUT2D eigenvalue weighted by Crippen LogP contribution is 2.32. The average Bonchev–Trinajstić information content (AvgIpc) is 3.03. The summed E-state index contributed by atoms with van der Waals surface area (Å²) in [6.07, 6.45) is -19.4. The molecule has 2 amide bonds. The van der Waals surface area contributed by atoms with Gasteiger partial charge in [-0.2, -0.15) is 0 Å². The first-order valence-electron chi connectivity index (χ1n) is 14.9. The summed E-state index contributed by atoms with van der Waals surface area (Å²) in [7, 11) is 0. The molecule has 2 saturated heterocycles. The Kier molecular flexibility index (Phi) is 12.6. The summed E-state index contributed by atoms with van der Waals surface area (Å²) in [5.74, 6) is -0.509. The molecule has 4 rings (SSSR count). The van der Waals surface area contributed by atoms with Gasteiger partial charge in [0.05, 0.1) is 18.7 Å². The predicted molar refractivity (Wildman–Crippen MR) is 153 cm³/mol. The molecule has 260 valence electrons. The molecule has 46 heavy (non-hydrogen) atoms. The Morgan fingerprint density at radius 1 is 0.848 bits per heavy atom. The second-order valence-corrected chi connectivity index (χ2v) is 11.6. The Morgan fingerprint density at radius 3 is 2.13 bits per heavy atom. The van der Waals surface area contributed by atoms with Crippen molar-refractivity contribution in [2.45, 2.75) is 112 Å². The fourth-order valence-corrected chi connectivity index (χ4v) is 5.69. The molecule has 13 N–H and O–H groups in total. The van der Waals surface area contributed by atoms with Crippen molar-refractivity contribution in [1.82, 2.24) is 10.6 Å². The van der Waals surface area contributed by atoms with E-state index in [9.17, 15) is 45.3 Å². The minimum absolute atomic E-state index is 0.0284. The molecule has 1 aromatic carbocycles. The fraction of sp³-hybridized carbons (Fsp3) is 0.714. The van der Waals surface area contributed by atoms with Crippen molar-refractivity contribution in [2.75, 3.05) is 13.2 Å². The highest BCUT2D eigenvalue weighted by Gasteiger charge is 2.52. The molecule has 0 bridgehead atoms. The number of carbonyl (C=O) groups excluding carboxylic acids is 2. The number of nitrogens with one attached hydrogen (secondary N) is 2. The largest absolute Gasteiger partial charge is 0.445 e. The molecule has 2 aliphatic heterocycles. The van der Waals surface area contributed by atoms with Gasteiger partial charge in [-0.25, -0.2) is 4.79 Å². The molecule has 18 nitrogen and oxygen atoms in total. The van der Waals surface area contributed by atoms with Gasteiger partial charge in [-0.3, -0.25) is 4.79 Å². The van der Waals surface area contributed by atoms with Crippen molar-refractivity contribution in [3.05, 3.63) is 35.9 Å². The van der Waals surface area contributed by atoms with Crippen LogP contribution in [-0.2, 0) is 35.1 Å². The molecule has 6 unspecified atom stereocenters. The molecule has 3 aliphatic rings. The maximum absolute atomic E-state index is 12.3. The number of carbonyl (C=O) groups is 2. The van der Waals surface area contributed by atoms with Crippen LogP contribution in [0.5, 0.6) is 0 Å². The van der Waals surface area contributed by atoms with Crippen molar-refractivity contribution in [3.8, 4) is 0 Å². The van der Waals surface area contributed by atoms with Gasteiger partial charge in [0.25, 0.3) is 0 Å². The summed E-state index contributed by atoms with van der Waals surface area (Å²) >= 11 is 0. The van der Waals surface area contributed by atoms with Crippen LogP contribution in [0.15, 0.2) is 30.3 Å². The standard InChI is InChI=1S/C28H44N4O14/c1-11(34)32-14-7-13(29)24(45-26-20(37)17(30)18(35)16(9-33)44-26)23(40)25(14)46-27-22(39)21(38)19(36)15(43-27)8-31-28(41)42-10-12-5-3-2-4-6-12/h2-6,13-27,33,35-40H,7-10,29-30H2,1H3,(H,31,41)(H,32,34)/t13-,14?,15?,16?,17-,18-,19-,20?,21?,22+,23?,24-,25-,26-,27-/m1/s1. The topological polar surface area (TPSA) is 298 Å². The Hall–Kier alpha value is -2.56. The lowest BCUT2D eigenvalue weighted by atomic mass is 9.83. The number of alkyl carbamates (subject to hydrolysis) is 1. The fourth-order valence-electron chi connectivity index (χ4n) is 5.69. The lowest BCUT2D eigenvalue weighted by molar-refractivity contribution is -0.333. The Labute approximate surface area is 264 Å². The van der Waals surface area contributed by atoms with Gasteiger partial charge in [0.1, 0.15) is 67.6 Å². The summed E-state index contributed by atoms with van der Waals surface area (Å²) < 4.78 is 28.0. The van der Waals surface area contributed by atoms with Gasteiger partial charge in [-0.1, -0.05) is 30.3 Å². The monoisotopic (exact) mass is 660 g/mol. The number of amides is 2. The summed E-state index contributed by atoms with van der Waals surface area (Å²) in [5.41, 5.74) is 12.9. The highest BCUT2D eigenvalue weighted by atomic mass is 16.7. The minimum atomic E-state index is -1.84. The van der Waals surface area contributed by atoms with E-state index in [1.807, 2.05) is 0 Å². The van der Waals surface area contributed by atoms with E-state index in [4.69, 9.17) is 35.2 Å². The molecule has 0 spiro atoms. The maximum atomic E-state index is 12.3. The average molecular weight is 661 g/mol. The number of hydrogen-bond acceptors (Lipinski definition) is 16. The van der Waals surface area contributed by atoms with Gasteiger partial charge in [0, 0.05) is 19.5 Å². The van der Waals surface area contributed by atoms with E-state index in [1.54, 1.807) is 30.3 Å². The van der Waals surface area contributed by atoms with Crippen LogP contribution in [0.2, 0.25) is 0 Å². The Morgan fingerprint density at radius 2 is 1.48 bits per heavy atom. The number of aliphatic hydroxyl groups is 7.